The van der Waals surface area contributed by atoms with Gasteiger partial charge in [-0.25, -0.2) is 14.1 Å². The van der Waals surface area contributed by atoms with Crippen molar-refractivity contribution in [3.8, 4) is 23.0 Å². The summed E-state index contributed by atoms with van der Waals surface area (Å²) in [5.41, 5.74) is 0.933. The second kappa shape index (κ2) is 9.23. The maximum Gasteiger partial charge on any atom is 0.255 e. The van der Waals surface area contributed by atoms with E-state index in [1.54, 1.807) is 23.9 Å². The van der Waals surface area contributed by atoms with Crippen LogP contribution < -0.4 is 10.2 Å². The summed E-state index contributed by atoms with van der Waals surface area (Å²) in [6.45, 7) is 7.10. The van der Waals surface area contributed by atoms with Gasteiger partial charge in [-0.15, -0.1) is 0 Å². The molecule has 0 bridgehead atoms. The van der Waals surface area contributed by atoms with E-state index in [0.29, 0.717) is 42.3 Å². The molecule has 8 nitrogen and oxygen atoms in total. The van der Waals surface area contributed by atoms with Gasteiger partial charge in [0.05, 0.1) is 52.0 Å². The lowest BCUT2D eigenvalue weighted by molar-refractivity contribution is 0.0628. The highest BCUT2D eigenvalue weighted by atomic mass is 19.1. The number of hydrogen-bond donors (Lipinski definition) is 2. The minimum atomic E-state index is -0.873. The predicted molar refractivity (Wildman–Crippen MR) is 126 cm³/mol. The Labute approximate surface area is 197 Å². The molecule has 2 aromatic heterocycles. The summed E-state index contributed by atoms with van der Waals surface area (Å²) < 4.78 is 16.3. The lowest BCUT2D eigenvalue weighted by atomic mass is 10.0. The molecule has 1 amide bonds. The topological polar surface area (TPSA) is 107 Å². The van der Waals surface area contributed by atoms with E-state index in [-0.39, 0.29) is 29.3 Å². The molecule has 176 valence electrons. The van der Waals surface area contributed by atoms with Gasteiger partial charge in [-0.3, -0.25) is 4.79 Å². The summed E-state index contributed by atoms with van der Waals surface area (Å²) >= 11 is 0. The zero-order valence-corrected chi connectivity index (χ0v) is 19.5. The first-order valence-corrected chi connectivity index (χ1v) is 11.3. The fourth-order valence-electron chi connectivity index (χ4n) is 4.08. The summed E-state index contributed by atoms with van der Waals surface area (Å²) in [6, 6.07) is 9.72. The molecule has 0 spiro atoms. The number of halogens is 1. The molecule has 1 aromatic carbocycles. The summed E-state index contributed by atoms with van der Waals surface area (Å²) in [4.78, 5) is 19.1. The number of nitriles is 1. The smallest absolute Gasteiger partial charge is 0.255 e. The highest BCUT2D eigenvalue weighted by Gasteiger charge is 2.29. The number of fused-ring (bicyclic) bond motifs is 1. The van der Waals surface area contributed by atoms with Crippen molar-refractivity contribution in [1.82, 2.24) is 20.1 Å². The molecule has 2 N–H and O–H groups in total. The molecule has 0 aliphatic carbocycles. The van der Waals surface area contributed by atoms with Crippen LogP contribution in [0.3, 0.4) is 0 Å². The summed E-state index contributed by atoms with van der Waals surface area (Å²) in [5.74, 6) is -0.189. The van der Waals surface area contributed by atoms with Gasteiger partial charge in [-0.1, -0.05) is 19.9 Å². The van der Waals surface area contributed by atoms with Gasteiger partial charge in [0.1, 0.15) is 5.82 Å². The Bertz CT molecular complexity index is 1280. The Morgan fingerprint density at radius 1 is 1.32 bits per heavy atom. The molecule has 9 heteroatoms. The molecule has 1 aliphatic heterocycles. The zero-order chi connectivity index (χ0) is 24.5. The largest absolute Gasteiger partial charge is 0.388 e. The number of nitrogens with one attached hydrogen (secondary N) is 1. The number of aliphatic hydroxyl groups is 1. The second-order valence-electron chi connectivity index (χ2n) is 8.70. The quantitative estimate of drug-likeness (QED) is 0.530. The number of hydrogen-bond acceptors (Lipinski definition) is 6. The molecular formula is C25H27FN6O2. The van der Waals surface area contributed by atoms with Crippen molar-refractivity contribution in [2.75, 3.05) is 18.0 Å². The molecular weight excluding hydrogens is 435 g/mol. The van der Waals surface area contributed by atoms with Crippen LogP contribution in [-0.2, 0) is 6.54 Å². The molecule has 3 aromatic rings. The molecule has 1 aliphatic rings. The molecule has 4 rings (SSSR count). The molecule has 0 radical (unpaired) electrons. The van der Waals surface area contributed by atoms with E-state index in [4.69, 9.17) is 5.10 Å². The van der Waals surface area contributed by atoms with Crippen molar-refractivity contribution in [2.24, 2.45) is 0 Å². The first-order valence-electron chi connectivity index (χ1n) is 11.3. The SMILES string of the molecule is CCCN(C[C@@](C)(O)CC)c1ccn(-c2cc(-c3c(F)cccc3C#N)nc3c2C(=O)NC3)n1. The van der Waals surface area contributed by atoms with E-state index in [1.165, 1.54) is 18.2 Å². The third-order valence-electron chi connectivity index (χ3n) is 6.04. The first-order chi connectivity index (χ1) is 16.3. The van der Waals surface area contributed by atoms with E-state index >= 15 is 0 Å². The van der Waals surface area contributed by atoms with Crippen molar-refractivity contribution >= 4 is 11.7 Å². The Hall–Kier alpha value is -3.77. The molecule has 3 heterocycles. The van der Waals surface area contributed by atoms with E-state index in [0.717, 1.165) is 6.42 Å². The van der Waals surface area contributed by atoms with Crippen molar-refractivity contribution in [1.29, 1.82) is 5.26 Å². The van der Waals surface area contributed by atoms with E-state index < -0.39 is 11.4 Å². The average Bonchev–Trinajstić information content (AvgIpc) is 3.45. The zero-order valence-electron chi connectivity index (χ0n) is 19.5. The van der Waals surface area contributed by atoms with Gasteiger partial charge in [-0.05, 0) is 38.0 Å². The standard InChI is InChI=1S/C25H27FN6O2/c1-4-10-31(15-25(3,34)5-2)21-9-11-32(30-21)20-12-18(29-19-14-28-24(33)23(19)20)22-16(13-27)7-6-8-17(22)26/h6-9,11-12,34H,4-5,10,14-15H2,1-3H3,(H,28,33)/t25-/m0/s1. The van der Waals surface area contributed by atoms with Crippen LogP contribution in [-0.4, -0.2) is 44.5 Å². The third kappa shape index (κ3) is 4.37. The van der Waals surface area contributed by atoms with Crippen LogP contribution in [0, 0.1) is 17.1 Å². The number of benzene rings is 1. The van der Waals surface area contributed by atoms with Gasteiger partial charge in [0, 0.05) is 25.4 Å². The number of pyridine rings is 1. The number of nitrogens with zero attached hydrogens (tertiary/aromatic N) is 5. The molecule has 0 unspecified atom stereocenters. The lowest BCUT2D eigenvalue weighted by Gasteiger charge is -2.30. The number of amides is 1. The van der Waals surface area contributed by atoms with Crippen LogP contribution in [0.4, 0.5) is 10.2 Å². The fraction of sp³-hybridized carbons (Fsp3) is 0.360. The Balaban J connectivity index is 1.83. The highest BCUT2D eigenvalue weighted by molar-refractivity contribution is 6.01. The average molecular weight is 463 g/mol. The summed E-state index contributed by atoms with van der Waals surface area (Å²) in [6.07, 6.45) is 3.20. The fourth-order valence-corrected chi connectivity index (χ4v) is 4.08. The molecule has 34 heavy (non-hydrogen) atoms. The van der Waals surface area contributed by atoms with E-state index in [2.05, 4.69) is 17.2 Å². The van der Waals surface area contributed by atoms with Crippen LogP contribution in [0.15, 0.2) is 36.5 Å². The molecule has 0 saturated heterocycles. The van der Waals surface area contributed by atoms with Crippen molar-refractivity contribution < 1.29 is 14.3 Å². The maximum atomic E-state index is 14.7. The van der Waals surface area contributed by atoms with E-state index in [1.807, 2.05) is 24.0 Å². The Morgan fingerprint density at radius 2 is 2.12 bits per heavy atom. The van der Waals surface area contributed by atoms with Crippen molar-refractivity contribution in [3.63, 3.8) is 0 Å². The third-order valence-corrected chi connectivity index (χ3v) is 6.04. The molecule has 0 saturated carbocycles. The van der Waals surface area contributed by atoms with Crippen molar-refractivity contribution in [3.05, 3.63) is 59.2 Å². The predicted octanol–water partition coefficient (Wildman–Crippen LogP) is 3.57. The van der Waals surface area contributed by atoms with Gasteiger partial charge in [0.15, 0.2) is 5.82 Å². The van der Waals surface area contributed by atoms with Gasteiger partial charge in [-0.2, -0.15) is 10.4 Å². The van der Waals surface area contributed by atoms with Crippen LogP contribution in [0.5, 0.6) is 0 Å². The van der Waals surface area contributed by atoms with Crippen LogP contribution in [0.25, 0.3) is 16.9 Å². The highest BCUT2D eigenvalue weighted by Crippen LogP contribution is 2.31. The summed E-state index contributed by atoms with van der Waals surface area (Å²) in [5, 5.41) is 27.6. The van der Waals surface area contributed by atoms with Crippen LogP contribution in [0.1, 0.15) is 55.2 Å². The minimum Gasteiger partial charge on any atom is -0.388 e. The van der Waals surface area contributed by atoms with Gasteiger partial charge < -0.3 is 15.3 Å². The van der Waals surface area contributed by atoms with Gasteiger partial charge in [0.2, 0.25) is 0 Å². The lowest BCUT2D eigenvalue weighted by Crippen LogP contribution is -2.41. The van der Waals surface area contributed by atoms with Crippen LogP contribution >= 0.6 is 0 Å². The number of carbonyl (C=O) groups excluding carboxylic acids is 1. The maximum absolute atomic E-state index is 14.7. The first kappa shape index (κ1) is 23.4. The number of anilines is 1. The van der Waals surface area contributed by atoms with Gasteiger partial charge in [0.25, 0.3) is 5.91 Å². The second-order valence-corrected chi connectivity index (χ2v) is 8.70. The molecule has 1 atom stereocenters. The number of carbonyl (C=O) groups is 1. The normalized spacial score (nSPS) is 14.3. The number of rotatable bonds is 8. The van der Waals surface area contributed by atoms with Crippen molar-refractivity contribution in [2.45, 2.75) is 45.8 Å². The monoisotopic (exact) mass is 462 g/mol. The Morgan fingerprint density at radius 3 is 2.82 bits per heavy atom. The Kier molecular flexibility index (Phi) is 6.35. The van der Waals surface area contributed by atoms with Crippen LogP contribution in [0.2, 0.25) is 0 Å². The minimum absolute atomic E-state index is 0.0902. The molecule has 0 fully saturated rings. The van der Waals surface area contributed by atoms with E-state index in [9.17, 15) is 19.6 Å². The summed E-state index contributed by atoms with van der Waals surface area (Å²) in [7, 11) is 0. The van der Waals surface area contributed by atoms with Gasteiger partial charge >= 0.3 is 0 Å². The number of aromatic nitrogens is 3.